The van der Waals surface area contributed by atoms with E-state index in [1.807, 2.05) is 20.9 Å². The van der Waals surface area contributed by atoms with Gasteiger partial charge in [0, 0.05) is 31.6 Å². The Kier molecular flexibility index (Phi) is 7.57. The van der Waals surface area contributed by atoms with E-state index in [0.717, 1.165) is 38.2 Å². The largest absolute Gasteiger partial charge is 0.356 e. The molecule has 2 aliphatic rings. The van der Waals surface area contributed by atoms with Gasteiger partial charge in [0.2, 0.25) is 5.91 Å². The molecule has 0 radical (unpaired) electrons. The van der Waals surface area contributed by atoms with Gasteiger partial charge in [0.25, 0.3) is 0 Å². The van der Waals surface area contributed by atoms with E-state index in [1.54, 1.807) is 0 Å². The van der Waals surface area contributed by atoms with Crippen LogP contribution in [0, 0.1) is 11.3 Å². The lowest BCUT2D eigenvalue weighted by atomic mass is 9.83. The third-order valence-electron chi connectivity index (χ3n) is 6.09. The zero-order valence-corrected chi connectivity index (χ0v) is 16.7. The topological polar surface area (TPSA) is 65.5 Å². The molecule has 2 unspecified atom stereocenters. The van der Waals surface area contributed by atoms with Crippen LogP contribution in [-0.2, 0) is 4.79 Å². The summed E-state index contributed by atoms with van der Waals surface area (Å²) in [6.07, 6.45) is 10.7. The van der Waals surface area contributed by atoms with Crippen LogP contribution < -0.4 is 16.0 Å². The number of carbonyl (C=O) groups excluding carboxylic acids is 1. The number of guanidine groups is 1. The van der Waals surface area contributed by atoms with Gasteiger partial charge < -0.3 is 16.0 Å². The van der Waals surface area contributed by atoms with E-state index in [0.29, 0.717) is 11.5 Å². The van der Waals surface area contributed by atoms with Crippen LogP contribution in [0.5, 0.6) is 0 Å². The number of hydrogen-bond acceptors (Lipinski definition) is 2. The van der Waals surface area contributed by atoms with Crippen LogP contribution in [-0.4, -0.2) is 37.5 Å². The number of nitrogens with zero attached hydrogens (tertiary/aromatic N) is 1. The third-order valence-corrected chi connectivity index (χ3v) is 6.09. The van der Waals surface area contributed by atoms with Crippen LogP contribution in [0.2, 0.25) is 0 Å². The van der Waals surface area contributed by atoms with Crippen molar-refractivity contribution in [2.75, 3.05) is 13.6 Å². The summed E-state index contributed by atoms with van der Waals surface area (Å²) < 4.78 is 0. The van der Waals surface area contributed by atoms with E-state index in [9.17, 15) is 4.79 Å². The average Bonchev–Trinajstić information content (AvgIpc) is 3.07. The van der Waals surface area contributed by atoms with E-state index in [-0.39, 0.29) is 17.9 Å². The molecule has 2 aliphatic carbocycles. The van der Waals surface area contributed by atoms with Crippen LogP contribution in [0.4, 0.5) is 0 Å². The molecule has 0 aliphatic heterocycles. The van der Waals surface area contributed by atoms with Crippen molar-refractivity contribution in [3.8, 4) is 0 Å². The van der Waals surface area contributed by atoms with Gasteiger partial charge in [0.1, 0.15) is 0 Å². The molecule has 2 atom stereocenters. The molecule has 25 heavy (non-hydrogen) atoms. The summed E-state index contributed by atoms with van der Waals surface area (Å²) in [7, 11) is 1.84. The molecule has 5 nitrogen and oxygen atoms in total. The molecule has 0 saturated heterocycles. The number of rotatable bonds is 6. The Hall–Kier alpha value is -1.26. The Labute approximate surface area is 153 Å². The summed E-state index contributed by atoms with van der Waals surface area (Å²) in [5, 5.41) is 10.2. The van der Waals surface area contributed by atoms with Gasteiger partial charge in [0.15, 0.2) is 5.96 Å². The SMILES string of the molecule is CCC1(CNC(=NC)NC2CCCC(C(=O)NC(C)C)C2)CCCC1. The fourth-order valence-corrected chi connectivity index (χ4v) is 4.40. The van der Waals surface area contributed by atoms with Gasteiger partial charge >= 0.3 is 0 Å². The number of hydrogen-bond donors (Lipinski definition) is 3. The zero-order valence-electron chi connectivity index (χ0n) is 16.7. The van der Waals surface area contributed by atoms with Crippen molar-refractivity contribution in [3.05, 3.63) is 0 Å². The zero-order chi connectivity index (χ0) is 18.3. The van der Waals surface area contributed by atoms with Crippen LogP contribution >= 0.6 is 0 Å². The Morgan fingerprint density at radius 1 is 1.20 bits per heavy atom. The highest BCUT2D eigenvalue weighted by Gasteiger charge is 2.32. The fourth-order valence-electron chi connectivity index (χ4n) is 4.40. The molecule has 3 N–H and O–H groups in total. The minimum atomic E-state index is 0.128. The van der Waals surface area contributed by atoms with E-state index < -0.39 is 0 Å². The molecule has 2 fully saturated rings. The molecule has 144 valence electrons. The Bertz CT molecular complexity index is 455. The second-order valence-electron chi connectivity index (χ2n) is 8.35. The molecule has 0 aromatic heterocycles. The minimum absolute atomic E-state index is 0.128. The van der Waals surface area contributed by atoms with E-state index in [2.05, 4.69) is 27.9 Å². The first-order valence-electron chi connectivity index (χ1n) is 10.3. The highest BCUT2D eigenvalue weighted by molar-refractivity contribution is 5.81. The summed E-state index contributed by atoms with van der Waals surface area (Å²) in [6, 6.07) is 0.552. The monoisotopic (exact) mass is 350 g/mol. The Morgan fingerprint density at radius 3 is 2.52 bits per heavy atom. The van der Waals surface area contributed by atoms with Crippen molar-refractivity contribution in [1.29, 1.82) is 0 Å². The molecule has 0 spiro atoms. The van der Waals surface area contributed by atoms with E-state index in [1.165, 1.54) is 32.1 Å². The van der Waals surface area contributed by atoms with Gasteiger partial charge in [-0.3, -0.25) is 9.79 Å². The molecule has 5 heteroatoms. The molecular weight excluding hydrogens is 312 g/mol. The number of amides is 1. The highest BCUT2D eigenvalue weighted by Crippen LogP contribution is 2.40. The molecule has 1 amide bonds. The van der Waals surface area contributed by atoms with Gasteiger partial charge in [-0.25, -0.2) is 0 Å². The normalized spacial score (nSPS) is 26.5. The van der Waals surface area contributed by atoms with Crippen molar-refractivity contribution in [2.45, 2.75) is 90.6 Å². The summed E-state index contributed by atoms with van der Waals surface area (Å²) in [6.45, 7) is 7.36. The van der Waals surface area contributed by atoms with Crippen LogP contribution in [0.3, 0.4) is 0 Å². The predicted octanol–water partition coefficient (Wildman–Crippen LogP) is 3.21. The number of nitrogens with one attached hydrogen (secondary N) is 3. The minimum Gasteiger partial charge on any atom is -0.356 e. The van der Waals surface area contributed by atoms with Crippen molar-refractivity contribution in [1.82, 2.24) is 16.0 Å². The second kappa shape index (κ2) is 9.44. The van der Waals surface area contributed by atoms with Crippen molar-refractivity contribution < 1.29 is 4.79 Å². The molecular formula is C20H38N4O. The molecule has 0 bridgehead atoms. The Balaban J connectivity index is 1.83. The first kappa shape index (κ1) is 20.1. The van der Waals surface area contributed by atoms with Gasteiger partial charge in [-0.05, 0) is 57.8 Å². The maximum atomic E-state index is 12.3. The van der Waals surface area contributed by atoms with Crippen LogP contribution in [0.15, 0.2) is 4.99 Å². The highest BCUT2D eigenvalue weighted by atomic mass is 16.1. The molecule has 0 aromatic carbocycles. The van der Waals surface area contributed by atoms with Crippen molar-refractivity contribution >= 4 is 11.9 Å². The smallest absolute Gasteiger partial charge is 0.223 e. The molecule has 0 heterocycles. The van der Waals surface area contributed by atoms with Crippen molar-refractivity contribution in [2.24, 2.45) is 16.3 Å². The summed E-state index contributed by atoms with van der Waals surface area (Å²) in [5.41, 5.74) is 0.448. The summed E-state index contributed by atoms with van der Waals surface area (Å²) >= 11 is 0. The lowest BCUT2D eigenvalue weighted by molar-refractivity contribution is -0.126. The van der Waals surface area contributed by atoms with Gasteiger partial charge in [-0.15, -0.1) is 0 Å². The molecule has 0 aromatic rings. The first-order valence-corrected chi connectivity index (χ1v) is 10.3. The lowest BCUT2D eigenvalue weighted by Crippen LogP contribution is -2.49. The number of aliphatic imine (C=N–C) groups is 1. The second-order valence-corrected chi connectivity index (χ2v) is 8.35. The quantitative estimate of drug-likeness (QED) is 0.509. The van der Waals surface area contributed by atoms with Gasteiger partial charge in [-0.2, -0.15) is 0 Å². The van der Waals surface area contributed by atoms with Crippen molar-refractivity contribution in [3.63, 3.8) is 0 Å². The van der Waals surface area contributed by atoms with Gasteiger partial charge in [-0.1, -0.05) is 26.2 Å². The summed E-state index contributed by atoms with van der Waals surface area (Å²) in [5.74, 6) is 1.23. The Morgan fingerprint density at radius 2 is 1.92 bits per heavy atom. The average molecular weight is 351 g/mol. The molecule has 2 rings (SSSR count). The van der Waals surface area contributed by atoms with Gasteiger partial charge in [0.05, 0.1) is 0 Å². The standard InChI is InChI=1S/C20H38N4O/c1-5-20(11-6-7-12-20)14-22-19(21-4)24-17-10-8-9-16(13-17)18(25)23-15(2)3/h15-17H,5-14H2,1-4H3,(H,23,25)(H2,21,22,24). The van der Waals surface area contributed by atoms with E-state index >= 15 is 0 Å². The number of carbonyl (C=O) groups is 1. The third kappa shape index (κ3) is 5.89. The fraction of sp³-hybridized carbons (Fsp3) is 0.900. The summed E-state index contributed by atoms with van der Waals surface area (Å²) in [4.78, 5) is 16.7. The molecule has 2 saturated carbocycles. The van der Waals surface area contributed by atoms with Crippen LogP contribution in [0.25, 0.3) is 0 Å². The maximum absolute atomic E-state index is 12.3. The predicted molar refractivity (Wildman–Crippen MR) is 105 cm³/mol. The van der Waals surface area contributed by atoms with E-state index in [4.69, 9.17) is 0 Å². The lowest BCUT2D eigenvalue weighted by Gasteiger charge is -2.32. The first-order chi connectivity index (χ1) is 12.0. The maximum Gasteiger partial charge on any atom is 0.223 e. The van der Waals surface area contributed by atoms with Crippen LogP contribution in [0.1, 0.15) is 78.6 Å².